The molecule has 2 atom stereocenters. The van der Waals surface area contributed by atoms with Crippen LogP contribution in [0, 0.1) is 11.3 Å². The fraction of sp³-hybridized carbons (Fsp3) is 0.400. The zero-order chi connectivity index (χ0) is 5.98. The zero-order valence-corrected chi connectivity index (χ0v) is 4.11. The minimum absolute atomic E-state index is 0.551. The average molecular weight is 111 g/mol. The number of hydrogen-bond donors (Lipinski definition) is 1. The van der Waals surface area contributed by atoms with Crippen molar-refractivity contribution in [3.63, 3.8) is 0 Å². The van der Waals surface area contributed by atoms with Crippen LogP contribution in [0.1, 0.15) is 0 Å². The first-order chi connectivity index (χ1) is 3.83. The minimum Gasteiger partial charge on any atom is -0.365 e. The zero-order valence-electron chi connectivity index (χ0n) is 4.11. The van der Waals surface area contributed by atoms with E-state index in [9.17, 15) is 0 Å². The second kappa shape index (κ2) is 1.95. The molecule has 0 aromatic heterocycles. The highest BCUT2D eigenvalue weighted by molar-refractivity contribution is 5.08. The Morgan fingerprint density at radius 1 is 1.62 bits per heavy atom. The summed E-state index contributed by atoms with van der Waals surface area (Å²) in [7, 11) is 0. The van der Waals surface area contributed by atoms with E-state index in [0.29, 0.717) is 0 Å². The van der Waals surface area contributed by atoms with Crippen molar-refractivity contribution in [2.75, 3.05) is 0 Å². The summed E-state index contributed by atoms with van der Waals surface area (Å²) in [5.74, 6) is 0. The Bertz CT molecular complexity index is 147. The highest BCUT2D eigenvalue weighted by atomic mass is 16.6. The van der Waals surface area contributed by atoms with Crippen LogP contribution in [0.3, 0.4) is 0 Å². The first kappa shape index (κ1) is 5.29. The Hall–Kier alpha value is -0.850. The molecule has 0 saturated heterocycles. The maximum absolute atomic E-state index is 8.57. The molecule has 0 aromatic rings. The van der Waals surface area contributed by atoms with Crippen LogP contribution >= 0.6 is 0 Å². The maximum Gasteiger partial charge on any atom is 0.176 e. The minimum atomic E-state index is -0.875. The highest BCUT2D eigenvalue weighted by Crippen LogP contribution is 2.06. The van der Waals surface area contributed by atoms with Gasteiger partial charge in [-0.05, 0) is 12.2 Å². The van der Waals surface area contributed by atoms with Gasteiger partial charge in [-0.25, -0.2) is 0 Å². The van der Waals surface area contributed by atoms with E-state index in [2.05, 4.69) is 4.74 Å². The molecule has 0 spiro atoms. The van der Waals surface area contributed by atoms with Gasteiger partial charge >= 0.3 is 0 Å². The van der Waals surface area contributed by atoms with Crippen molar-refractivity contribution in [3.8, 4) is 6.07 Å². The van der Waals surface area contributed by atoms with Crippen molar-refractivity contribution in [1.29, 1.82) is 5.26 Å². The molecular formula is C5H5NO2. The summed E-state index contributed by atoms with van der Waals surface area (Å²) in [4.78, 5) is 0. The molecule has 0 aromatic carbocycles. The van der Waals surface area contributed by atoms with Gasteiger partial charge in [-0.2, -0.15) is 5.26 Å². The topological polar surface area (TPSA) is 53.2 Å². The van der Waals surface area contributed by atoms with Crippen LogP contribution in [-0.4, -0.2) is 17.5 Å². The van der Waals surface area contributed by atoms with E-state index < -0.39 is 12.4 Å². The molecule has 0 fully saturated rings. The number of rotatable bonds is 0. The van der Waals surface area contributed by atoms with Crippen LogP contribution in [0.2, 0.25) is 0 Å². The van der Waals surface area contributed by atoms with Crippen LogP contribution < -0.4 is 0 Å². The molecule has 1 heterocycles. The molecule has 0 saturated carbocycles. The van der Waals surface area contributed by atoms with Gasteiger partial charge in [-0.15, -0.1) is 0 Å². The number of hydrogen-bond acceptors (Lipinski definition) is 3. The molecule has 3 nitrogen and oxygen atoms in total. The van der Waals surface area contributed by atoms with Gasteiger partial charge in [0.25, 0.3) is 0 Å². The largest absolute Gasteiger partial charge is 0.365 e. The van der Waals surface area contributed by atoms with Gasteiger partial charge in [0.2, 0.25) is 0 Å². The van der Waals surface area contributed by atoms with E-state index in [1.54, 1.807) is 0 Å². The third kappa shape index (κ3) is 0.861. The van der Waals surface area contributed by atoms with Crippen LogP contribution in [-0.2, 0) is 4.74 Å². The van der Waals surface area contributed by atoms with E-state index in [1.807, 2.05) is 6.07 Å². The maximum atomic E-state index is 8.57. The number of ether oxygens (including phenoxy) is 1. The molecule has 2 unspecified atom stereocenters. The lowest BCUT2D eigenvalue weighted by molar-refractivity contribution is -0.0577. The van der Waals surface area contributed by atoms with Gasteiger partial charge in [-0.1, -0.05) is 0 Å². The standard InChI is InChI=1S/C5H5NO2/c6-3-4-1-2-5(7)8-4/h1-2,4-5,7H. The summed E-state index contributed by atoms with van der Waals surface area (Å²) in [6, 6.07) is 1.83. The van der Waals surface area contributed by atoms with Crippen molar-refractivity contribution in [3.05, 3.63) is 12.2 Å². The molecule has 0 amide bonds. The van der Waals surface area contributed by atoms with Crippen LogP contribution in [0.5, 0.6) is 0 Å². The quantitative estimate of drug-likeness (QED) is 0.440. The fourth-order valence-corrected chi connectivity index (χ4v) is 0.510. The Balaban J connectivity index is 2.49. The van der Waals surface area contributed by atoms with Crippen LogP contribution in [0.4, 0.5) is 0 Å². The summed E-state index contributed by atoms with van der Waals surface area (Å²) >= 11 is 0. The predicted molar refractivity (Wildman–Crippen MR) is 25.6 cm³/mol. The predicted octanol–water partition coefficient (Wildman–Crippen LogP) is -0.217. The lowest BCUT2D eigenvalue weighted by Crippen LogP contribution is -2.08. The molecular weight excluding hydrogens is 106 g/mol. The first-order valence-electron chi connectivity index (χ1n) is 2.24. The van der Waals surface area contributed by atoms with Crippen LogP contribution in [0.15, 0.2) is 12.2 Å². The van der Waals surface area contributed by atoms with E-state index in [0.717, 1.165) is 0 Å². The monoisotopic (exact) mass is 111 g/mol. The molecule has 0 radical (unpaired) electrons. The SMILES string of the molecule is N#CC1C=CC(O)O1. The molecule has 42 valence electrons. The highest BCUT2D eigenvalue weighted by Gasteiger charge is 2.14. The molecule has 3 heteroatoms. The van der Waals surface area contributed by atoms with Crippen molar-refractivity contribution in [2.24, 2.45) is 0 Å². The number of aliphatic hydroxyl groups excluding tert-OH is 1. The fourth-order valence-electron chi connectivity index (χ4n) is 0.510. The molecule has 0 bridgehead atoms. The van der Waals surface area contributed by atoms with Gasteiger partial charge in [0.05, 0.1) is 6.07 Å². The van der Waals surface area contributed by atoms with Gasteiger partial charge in [0.15, 0.2) is 12.4 Å². The third-order valence-corrected chi connectivity index (χ3v) is 0.864. The third-order valence-electron chi connectivity index (χ3n) is 0.864. The summed E-state index contributed by atoms with van der Waals surface area (Å²) in [6.45, 7) is 0. The van der Waals surface area contributed by atoms with E-state index in [1.165, 1.54) is 12.2 Å². The lowest BCUT2D eigenvalue weighted by atomic mass is 10.4. The van der Waals surface area contributed by atoms with Crippen molar-refractivity contribution in [1.82, 2.24) is 0 Å². The normalized spacial score (nSPS) is 35.0. The number of nitriles is 1. The average Bonchev–Trinajstić information content (AvgIpc) is 2.14. The smallest absolute Gasteiger partial charge is 0.176 e. The number of nitrogens with zero attached hydrogens (tertiary/aromatic N) is 1. The van der Waals surface area contributed by atoms with E-state index >= 15 is 0 Å². The lowest BCUT2D eigenvalue weighted by Gasteiger charge is -1.98. The number of aliphatic hydroxyl groups is 1. The Morgan fingerprint density at radius 2 is 2.38 bits per heavy atom. The van der Waals surface area contributed by atoms with Crippen molar-refractivity contribution in [2.45, 2.75) is 12.4 Å². The molecule has 1 rings (SSSR count). The van der Waals surface area contributed by atoms with Crippen molar-refractivity contribution >= 4 is 0 Å². The molecule has 8 heavy (non-hydrogen) atoms. The Labute approximate surface area is 46.8 Å². The Morgan fingerprint density at radius 3 is 2.62 bits per heavy atom. The second-order valence-corrected chi connectivity index (χ2v) is 1.46. The Kier molecular flexibility index (Phi) is 1.29. The van der Waals surface area contributed by atoms with E-state index in [4.69, 9.17) is 10.4 Å². The second-order valence-electron chi connectivity index (χ2n) is 1.46. The summed E-state index contributed by atoms with van der Waals surface area (Å²) in [6.07, 6.45) is 1.53. The molecule has 1 aliphatic rings. The summed E-state index contributed by atoms with van der Waals surface area (Å²) < 4.78 is 4.59. The van der Waals surface area contributed by atoms with Crippen LogP contribution in [0.25, 0.3) is 0 Å². The van der Waals surface area contributed by atoms with E-state index in [-0.39, 0.29) is 0 Å². The molecule has 0 aliphatic carbocycles. The van der Waals surface area contributed by atoms with Gasteiger partial charge in [-0.3, -0.25) is 0 Å². The van der Waals surface area contributed by atoms with Gasteiger partial charge in [0, 0.05) is 0 Å². The first-order valence-corrected chi connectivity index (χ1v) is 2.24. The summed E-state index contributed by atoms with van der Waals surface area (Å²) in [5.41, 5.74) is 0. The molecule has 1 N–H and O–H groups in total. The van der Waals surface area contributed by atoms with Gasteiger partial charge < -0.3 is 9.84 Å². The van der Waals surface area contributed by atoms with Crippen molar-refractivity contribution < 1.29 is 9.84 Å². The summed E-state index contributed by atoms with van der Waals surface area (Å²) in [5, 5.41) is 16.7. The molecule has 1 aliphatic heterocycles. The van der Waals surface area contributed by atoms with Gasteiger partial charge in [0.1, 0.15) is 0 Å².